The summed E-state index contributed by atoms with van der Waals surface area (Å²) >= 11 is 1.65. The summed E-state index contributed by atoms with van der Waals surface area (Å²) in [4.78, 5) is 1.14. The maximum absolute atomic E-state index is 10.8. The third-order valence-corrected chi connectivity index (χ3v) is 5.78. The Labute approximate surface area is 129 Å². The van der Waals surface area contributed by atoms with E-state index in [4.69, 9.17) is 9.47 Å². The van der Waals surface area contributed by atoms with Crippen molar-refractivity contribution in [2.75, 3.05) is 13.2 Å². The van der Waals surface area contributed by atoms with Gasteiger partial charge in [-0.1, -0.05) is 18.2 Å². The van der Waals surface area contributed by atoms with Crippen LogP contribution in [0.4, 0.5) is 0 Å². The number of rotatable bonds is 5. The first kappa shape index (κ1) is 14.0. The zero-order valence-corrected chi connectivity index (χ0v) is 12.7. The molecule has 3 fully saturated rings. The lowest BCUT2D eigenvalue weighted by Crippen LogP contribution is -2.58. The second-order valence-corrected chi connectivity index (χ2v) is 7.39. The monoisotopic (exact) mass is 307 g/mol. The molecule has 114 valence electrons. The Bertz CT molecular complexity index is 482. The van der Waals surface area contributed by atoms with E-state index in [1.165, 1.54) is 12.8 Å². The van der Waals surface area contributed by atoms with Crippen molar-refractivity contribution in [1.82, 2.24) is 5.32 Å². The third-order valence-electron chi connectivity index (χ3n) is 4.46. The van der Waals surface area contributed by atoms with Gasteiger partial charge in [0.15, 0.2) is 6.29 Å². The predicted molar refractivity (Wildman–Crippen MR) is 81.2 cm³/mol. The van der Waals surface area contributed by atoms with E-state index in [1.807, 2.05) is 18.2 Å². The molecule has 5 heteroatoms. The molecule has 1 aromatic rings. The first-order chi connectivity index (χ1) is 10.3. The molecule has 2 bridgehead atoms. The molecule has 0 amide bonds. The van der Waals surface area contributed by atoms with Crippen LogP contribution in [0.3, 0.4) is 0 Å². The largest absolute Gasteiger partial charge is 0.390 e. The molecule has 2 N–H and O–H groups in total. The van der Waals surface area contributed by atoms with Gasteiger partial charge >= 0.3 is 0 Å². The minimum absolute atomic E-state index is 0.0172. The number of thioether (sulfide) groups is 1. The lowest BCUT2D eigenvalue weighted by Gasteiger charge is -2.38. The Hall–Kier alpha value is -0.590. The summed E-state index contributed by atoms with van der Waals surface area (Å²) in [7, 11) is 0. The van der Waals surface area contributed by atoms with Crippen LogP contribution in [0.5, 0.6) is 0 Å². The van der Waals surface area contributed by atoms with Crippen LogP contribution >= 0.6 is 11.8 Å². The number of fused-ring (bicyclic) bond motifs is 2. The van der Waals surface area contributed by atoms with Gasteiger partial charge in [0.25, 0.3) is 0 Å². The molecule has 4 rings (SSSR count). The number of benzene rings is 1. The van der Waals surface area contributed by atoms with Gasteiger partial charge in [-0.2, -0.15) is 0 Å². The van der Waals surface area contributed by atoms with Gasteiger partial charge in [-0.05, 0) is 37.4 Å². The fourth-order valence-corrected chi connectivity index (χ4v) is 4.24. The zero-order chi connectivity index (χ0) is 14.2. The number of hydrogen-bond donors (Lipinski definition) is 2. The van der Waals surface area contributed by atoms with E-state index in [1.54, 1.807) is 11.8 Å². The molecule has 21 heavy (non-hydrogen) atoms. The van der Waals surface area contributed by atoms with Gasteiger partial charge in [-0.15, -0.1) is 11.8 Å². The highest BCUT2D eigenvalue weighted by molar-refractivity contribution is 8.00. The molecule has 2 saturated heterocycles. The van der Waals surface area contributed by atoms with E-state index in [0.717, 1.165) is 17.4 Å². The Morgan fingerprint density at radius 3 is 2.81 bits per heavy atom. The molecule has 0 radical (unpaired) electrons. The van der Waals surface area contributed by atoms with E-state index in [9.17, 15) is 5.11 Å². The number of aliphatic hydroxyl groups is 1. The minimum Gasteiger partial charge on any atom is -0.390 e. The van der Waals surface area contributed by atoms with Crippen LogP contribution in [0.15, 0.2) is 35.2 Å². The van der Waals surface area contributed by atoms with E-state index in [2.05, 4.69) is 17.4 Å². The topological polar surface area (TPSA) is 50.7 Å². The molecule has 2 aliphatic heterocycles. The fourth-order valence-electron chi connectivity index (χ4n) is 3.04. The van der Waals surface area contributed by atoms with Crippen LogP contribution in [0.25, 0.3) is 0 Å². The molecule has 3 aliphatic rings. The van der Waals surface area contributed by atoms with Crippen LogP contribution in [0.1, 0.15) is 12.8 Å². The van der Waals surface area contributed by atoms with Crippen molar-refractivity contribution in [1.29, 1.82) is 0 Å². The van der Waals surface area contributed by atoms with Gasteiger partial charge in [0.2, 0.25) is 0 Å². The highest BCUT2D eigenvalue weighted by Gasteiger charge is 2.50. The standard InChI is InChI=1S/C16H21NO3S/c18-14-13(17-8-10-6-7-10)12-9-19-16(20-12)15(14)21-11-4-2-1-3-5-11/h1-5,10,12-18H,6-9H2/t12-,13+,14-,15-,16+/m0/s1. The Morgan fingerprint density at radius 2 is 2.05 bits per heavy atom. The smallest absolute Gasteiger partial charge is 0.172 e. The summed E-state index contributed by atoms with van der Waals surface area (Å²) in [5, 5.41) is 14.2. The number of nitrogens with one attached hydrogen (secondary N) is 1. The van der Waals surface area contributed by atoms with Crippen molar-refractivity contribution in [3.8, 4) is 0 Å². The first-order valence-corrected chi connectivity index (χ1v) is 8.59. The molecule has 4 nitrogen and oxygen atoms in total. The Kier molecular flexibility index (Phi) is 3.94. The molecular formula is C16H21NO3S. The van der Waals surface area contributed by atoms with Crippen LogP contribution in [-0.2, 0) is 9.47 Å². The van der Waals surface area contributed by atoms with Gasteiger partial charge in [0.1, 0.15) is 6.10 Å². The molecule has 5 atom stereocenters. The van der Waals surface area contributed by atoms with E-state index >= 15 is 0 Å². The van der Waals surface area contributed by atoms with Crippen molar-refractivity contribution in [2.45, 2.75) is 47.5 Å². The first-order valence-electron chi connectivity index (χ1n) is 7.71. The second kappa shape index (κ2) is 5.89. The summed E-state index contributed by atoms with van der Waals surface area (Å²) in [6.07, 6.45) is 1.86. The highest BCUT2D eigenvalue weighted by Crippen LogP contribution is 2.39. The minimum atomic E-state index is -0.444. The van der Waals surface area contributed by atoms with Crippen molar-refractivity contribution >= 4 is 11.8 Å². The van der Waals surface area contributed by atoms with Gasteiger partial charge in [-0.3, -0.25) is 0 Å². The lowest BCUT2D eigenvalue weighted by molar-refractivity contribution is -0.123. The van der Waals surface area contributed by atoms with Gasteiger partial charge in [-0.25, -0.2) is 0 Å². The van der Waals surface area contributed by atoms with E-state index in [-0.39, 0.29) is 23.7 Å². The molecule has 0 spiro atoms. The zero-order valence-electron chi connectivity index (χ0n) is 11.9. The third kappa shape index (κ3) is 2.98. The molecule has 0 unspecified atom stereocenters. The summed E-state index contributed by atoms with van der Waals surface area (Å²) in [6, 6.07) is 10.1. The van der Waals surface area contributed by atoms with Crippen LogP contribution < -0.4 is 5.32 Å². The average Bonchev–Trinajstić information content (AvgIpc) is 3.23. The van der Waals surface area contributed by atoms with E-state index < -0.39 is 6.10 Å². The van der Waals surface area contributed by atoms with Crippen molar-refractivity contribution in [3.63, 3.8) is 0 Å². The molecule has 1 saturated carbocycles. The second-order valence-electron chi connectivity index (χ2n) is 6.14. The van der Waals surface area contributed by atoms with Crippen LogP contribution in [-0.4, -0.2) is 48.0 Å². The van der Waals surface area contributed by atoms with Crippen molar-refractivity contribution in [2.24, 2.45) is 5.92 Å². The summed E-state index contributed by atoms with van der Waals surface area (Å²) in [5.74, 6) is 0.789. The molecule has 1 aliphatic carbocycles. The Morgan fingerprint density at radius 1 is 1.24 bits per heavy atom. The molecule has 2 heterocycles. The summed E-state index contributed by atoms with van der Waals surface area (Å²) in [6.45, 7) is 1.56. The maximum Gasteiger partial charge on any atom is 0.172 e. The van der Waals surface area contributed by atoms with Crippen molar-refractivity contribution < 1.29 is 14.6 Å². The molecular weight excluding hydrogens is 286 g/mol. The molecule has 0 aromatic heterocycles. The normalized spacial score (nSPS) is 38.6. The van der Waals surface area contributed by atoms with Crippen LogP contribution in [0.2, 0.25) is 0 Å². The fraction of sp³-hybridized carbons (Fsp3) is 0.625. The van der Waals surface area contributed by atoms with Gasteiger partial charge in [0.05, 0.1) is 24.0 Å². The lowest BCUT2D eigenvalue weighted by atomic mass is 10.00. The SMILES string of the molecule is O[C@H]1[C@H](NCC2CC2)[C@@H]2CO[C@H](O2)[C@H]1Sc1ccccc1. The van der Waals surface area contributed by atoms with Gasteiger partial charge in [0, 0.05) is 4.90 Å². The van der Waals surface area contributed by atoms with Gasteiger partial charge < -0.3 is 19.9 Å². The number of ether oxygens (including phenoxy) is 2. The Balaban J connectivity index is 1.46. The predicted octanol–water partition coefficient (Wildman–Crippen LogP) is 1.63. The molecule has 1 aromatic carbocycles. The summed E-state index contributed by atoms with van der Waals surface area (Å²) in [5.41, 5.74) is 0. The summed E-state index contributed by atoms with van der Waals surface area (Å²) < 4.78 is 11.7. The number of aliphatic hydroxyl groups excluding tert-OH is 1. The van der Waals surface area contributed by atoms with Crippen LogP contribution in [0, 0.1) is 5.92 Å². The van der Waals surface area contributed by atoms with E-state index in [0.29, 0.717) is 6.61 Å². The quantitative estimate of drug-likeness (QED) is 0.866. The maximum atomic E-state index is 10.8. The number of hydrogen-bond acceptors (Lipinski definition) is 5. The average molecular weight is 307 g/mol. The highest BCUT2D eigenvalue weighted by atomic mass is 32.2. The van der Waals surface area contributed by atoms with Crippen molar-refractivity contribution in [3.05, 3.63) is 30.3 Å².